The number of nitrogens with one attached hydrogen (secondary N) is 2. The highest BCUT2D eigenvalue weighted by atomic mass is 19.4. The summed E-state index contributed by atoms with van der Waals surface area (Å²) in [6.45, 7) is 2.37. The van der Waals surface area contributed by atoms with Crippen LogP contribution in [0.1, 0.15) is 44.9 Å². The Morgan fingerprint density at radius 2 is 2.11 bits per heavy atom. The fourth-order valence-electron chi connectivity index (χ4n) is 2.27. The molecule has 3 nitrogen and oxygen atoms in total. The summed E-state index contributed by atoms with van der Waals surface area (Å²) < 4.78 is 35.6. The first-order valence-electron chi connectivity index (χ1n) is 7.01. The molecule has 1 heterocycles. The van der Waals surface area contributed by atoms with E-state index in [4.69, 9.17) is 0 Å². The van der Waals surface area contributed by atoms with Crippen LogP contribution in [-0.4, -0.2) is 31.7 Å². The number of unbranched alkanes of at least 4 members (excludes halogenated alkanes) is 1. The molecule has 0 saturated carbocycles. The van der Waals surface area contributed by atoms with Crippen molar-refractivity contribution in [3.8, 4) is 0 Å². The van der Waals surface area contributed by atoms with Crippen LogP contribution in [0.15, 0.2) is 0 Å². The Bertz CT molecular complexity index is 263. The molecule has 1 saturated heterocycles. The van der Waals surface area contributed by atoms with Crippen LogP contribution in [-0.2, 0) is 4.79 Å². The maximum Gasteiger partial charge on any atom is 0.389 e. The second kappa shape index (κ2) is 8.40. The molecule has 1 aliphatic rings. The van der Waals surface area contributed by atoms with E-state index >= 15 is 0 Å². The monoisotopic (exact) mass is 280 g/mol. The van der Waals surface area contributed by atoms with E-state index in [-0.39, 0.29) is 12.3 Å². The summed E-state index contributed by atoms with van der Waals surface area (Å²) >= 11 is 0. The number of carbonyl (C=O) groups excluding carboxylic acids is 1. The summed E-state index contributed by atoms with van der Waals surface area (Å²) in [5.74, 6) is 0.516. The normalized spacial score (nSPS) is 20.3. The Kier molecular flexibility index (Phi) is 7.20. The molecule has 0 spiro atoms. The molecule has 1 aliphatic heterocycles. The van der Waals surface area contributed by atoms with Crippen molar-refractivity contribution < 1.29 is 18.0 Å². The number of hydrogen-bond donors (Lipinski definition) is 2. The molecule has 1 fully saturated rings. The van der Waals surface area contributed by atoms with Gasteiger partial charge in [-0.1, -0.05) is 0 Å². The molecule has 1 unspecified atom stereocenters. The first kappa shape index (κ1) is 16.3. The van der Waals surface area contributed by atoms with Crippen LogP contribution in [0.25, 0.3) is 0 Å². The van der Waals surface area contributed by atoms with Crippen molar-refractivity contribution >= 4 is 5.91 Å². The van der Waals surface area contributed by atoms with E-state index in [1.54, 1.807) is 0 Å². The van der Waals surface area contributed by atoms with Crippen molar-refractivity contribution in [1.82, 2.24) is 10.6 Å². The van der Waals surface area contributed by atoms with Crippen LogP contribution in [0.2, 0.25) is 0 Å². The smallest absolute Gasteiger partial charge is 0.356 e. The van der Waals surface area contributed by atoms with Crippen LogP contribution in [0.5, 0.6) is 0 Å². The van der Waals surface area contributed by atoms with Gasteiger partial charge in [-0.3, -0.25) is 4.79 Å². The summed E-state index contributed by atoms with van der Waals surface area (Å²) in [5, 5.41) is 5.98. The lowest BCUT2D eigenvalue weighted by Gasteiger charge is -2.22. The molecule has 1 atom stereocenters. The van der Waals surface area contributed by atoms with Gasteiger partial charge in [-0.15, -0.1) is 0 Å². The third kappa shape index (κ3) is 8.86. The summed E-state index contributed by atoms with van der Waals surface area (Å²) in [5.41, 5.74) is 0. The number of hydrogen-bond acceptors (Lipinski definition) is 2. The number of rotatable bonds is 7. The van der Waals surface area contributed by atoms with Gasteiger partial charge in [0.15, 0.2) is 0 Å². The quantitative estimate of drug-likeness (QED) is 0.704. The van der Waals surface area contributed by atoms with E-state index in [9.17, 15) is 18.0 Å². The first-order chi connectivity index (χ1) is 8.97. The second-order valence-corrected chi connectivity index (χ2v) is 5.17. The van der Waals surface area contributed by atoms with Crippen molar-refractivity contribution in [2.45, 2.75) is 51.1 Å². The minimum atomic E-state index is -4.09. The maximum absolute atomic E-state index is 11.9. The lowest BCUT2D eigenvalue weighted by atomic mass is 9.94. The van der Waals surface area contributed by atoms with Gasteiger partial charge in [-0.2, -0.15) is 13.2 Å². The minimum absolute atomic E-state index is 0.0439. The minimum Gasteiger partial charge on any atom is -0.356 e. The van der Waals surface area contributed by atoms with Crippen LogP contribution >= 0.6 is 0 Å². The Labute approximate surface area is 112 Å². The Morgan fingerprint density at radius 1 is 1.32 bits per heavy atom. The molecule has 0 aromatic rings. The number of carbonyl (C=O) groups is 1. The standard InChI is InChI=1S/C13H23F3N2O/c14-13(15,16)7-1-2-9-18-12(19)6-5-11-4-3-8-17-10-11/h11,17H,1-10H2,(H,18,19). The molecule has 1 rings (SSSR count). The molecule has 1 amide bonds. The average Bonchev–Trinajstić information content (AvgIpc) is 2.36. The molecule has 19 heavy (non-hydrogen) atoms. The zero-order valence-corrected chi connectivity index (χ0v) is 11.2. The Morgan fingerprint density at radius 3 is 2.74 bits per heavy atom. The van der Waals surface area contributed by atoms with Crippen molar-refractivity contribution in [3.63, 3.8) is 0 Å². The van der Waals surface area contributed by atoms with E-state index in [2.05, 4.69) is 10.6 Å². The van der Waals surface area contributed by atoms with Gasteiger partial charge >= 0.3 is 6.18 Å². The first-order valence-corrected chi connectivity index (χ1v) is 7.01. The number of piperidine rings is 1. The number of halogens is 3. The Balaban J connectivity index is 1.95. The fraction of sp³-hybridized carbons (Fsp3) is 0.923. The summed E-state index contributed by atoms with van der Waals surface area (Å²) in [6, 6.07) is 0. The predicted octanol–water partition coefficient (Wildman–Crippen LogP) is 2.62. The van der Waals surface area contributed by atoms with Gasteiger partial charge in [0.05, 0.1) is 0 Å². The lowest BCUT2D eigenvalue weighted by molar-refractivity contribution is -0.135. The van der Waals surface area contributed by atoms with Crippen molar-refractivity contribution in [1.29, 1.82) is 0 Å². The van der Waals surface area contributed by atoms with Crippen molar-refractivity contribution in [2.24, 2.45) is 5.92 Å². The molecule has 6 heteroatoms. The highest BCUT2D eigenvalue weighted by Gasteiger charge is 2.25. The van der Waals surface area contributed by atoms with Crippen molar-refractivity contribution in [2.75, 3.05) is 19.6 Å². The molecule has 2 N–H and O–H groups in total. The van der Waals surface area contributed by atoms with E-state index in [1.165, 1.54) is 0 Å². The average molecular weight is 280 g/mol. The van der Waals surface area contributed by atoms with E-state index in [0.717, 1.165) is 32.4 Å². The zero-order valence-electron chi connectivity index (χ0n) is 11.2. The van der Waals surface area contributed by atoms with Crippen LogP contribution in [0, 0.1) is 5.92 Å². The van der Waals surface area contributed by atoms with Gasteiger partial charge < -0.3 is 10.6 Å². The van der Waals surface area contributed by atoms with Crippen LogP contribution in [0.4, 0.5) is 13.2 Å². The summed E-state index contributed by atoms with van der Waals surface area (Å²) in [6.07, 6.45) is -0.732. The topological polar surface area (TPSA) is 41.1 Å². The van der Waals surface area contributed by atoms with Gasteiger partial charge in [0.1, 0.15) is 0 Å². The molecule has 0 bridgehead atoms. The van der Waals surface area contributed by atoms with Gasteiger partial charge in [0.2, 0.25) is 5.91 Å². The van der Waals surface area contributed by atoms with E-state index < -0.39 is 12.6 Å². The zero-order chi connectivity index (χ0) is 14.1. The predicted molar refractivity (Wildman–Crippen MR) is 67.7 cm³/mol. The summed E-state index contributed by atoms with van der Waals surface area (Å²) in [7, 11) is 0. The SMILES string of the molecule is O=C(CCC1CCCNC1)NCCCCC(F)(F)F. The van der Waals surface area contributed by atoms with E-state index in [1.807, 2.05) is 0 Å². The molecular weight excluding hydrogens is 257 g/mol. The Hall–Kier alpha value is -0.780. The fourth-order valence-corrected chi connectivity index (χ4v) is 2.27. The lowest BCUT2D eigenvalue weighted by Crippen LogP contribution is -2.31. The molecule has 112 valence electrons. The van der Waals surface area contributed by atoms with Crippen LogP contribution < -0.4 is 10.6 Å². The van der Waals surface area contributed by atoms with Crippen molar-refractivity contribution in [3.05, 3.63) is 0 Å². The molecule has 0 aromatic heterocycles. The number of amides is 1. The third-order valence-corrected chi connectivity index (χ3v) is 3.39. The van der Waals surface area contributed by atoms with Gasteiger partial charge in [-0.25, -0.2) is 0 Å². The van der Waals surface area contributed by atoms with Gasteiger partial charge in [0.25, 0.3) is 0 Å². The maximum atomic E-state index is 11.9. The highest BCUT2D eigenvalue weighted by Crippen LogP contribution is 2.21. The van der Waals surface area contributed by atoms with E-state index in [0.29, 0.717) is 25.3 Å². The second-order valence-electron chi connectivity index (χ2n) is 5.17. The number of alkyl halides is 3. The van der Waals surface area contributed by atoms with Gasteiger partial charge in [-0.05, 0) is 51.1 Å². The largest absolute Gasteiger partial charge is 0.389 e. The molecular formula is C13H23F3N2O. The van der Waals surface area contributed by atoms with Crippen LogP contribution in [0.3, 0.4) is 0 Å². The third-order valence-electron chi connectivity index (χ3n) is 3.39. The molecule has 0 aliphatic carbocycles. The summed E-state index contributed by atoms with van der Waals surface area (Å²) in [4.78, 5) is 11.5. The van der Waals surface area contributed by atoms with Gasteiger partial charge in [0, 0.05) is 19.4 Å². The molecule has 0 radical (unpaired) electrons. The highest BCUT2D eigenvalue weighted by molar-refractivity contribution is 5.75. The molecule has 0 aromatic carbocycles.